The highest BCUT2D eigenvalue weighted by Crippen LogP contribution is 2.45. The van der Waals surface area contributed by atoms with Crippen molar-refractivity contribution in [2.45, 2.75) is 20.3 Å². The van der Waals surface area contributed by atoms with Gasteiger partial charge in [0.15, 0.2) is 0 Å². The molecule has 0 aliphatic rings. The first kappa shape index (κ1) is 32.2. The molecule has 0 atom stereocenters. The second-order valence-electron chi connectivity index (χ2n) is 14.0. The zero-order valence-corrected chi connectivity index (χ0v) is 31.0. The zero-order valence-electron chi connectivity index (χ0n) is 30.2. The van der Waals surface area contributed by atoms with Crippen LogP contribution in [0.4, 0.5) is 17.1 Å². The molecule has 2 heterocycles. The second-order valence-corrected chi connectivity index (χ2v) is 15.1. The van der Waals surface area contributed by atoms with E-state index in [2.05, 4.69) is 189 Å². The maximum Gasteiger partial charge on any atom is 0.143 e. The van der Waals surface area contributed by atoms with Crippen molar-refractivity contribution in [2.75, 3.05) is 4.90 Å². The Morgan fingerprint density at radius 3 is 2.02 bits per heavy atom. The Hall–Kier alpha value is -6.42. The second kappa shape index (κ2) is 13.2. The molecule has 3 heteroatoms. The van der Waals surface area contributed by atoms with Crippen molar-refractivity contribution >= 4 is 70.5 Å². The van der Waals surface area contributed by atoms with Crippen LogP contribution in [0.15, 0.2) is 180 Å². The number of hydrogen-bond donors (Lipinski definition) is 0. The van der Waals surface area contributed by atoms with Crippen molar-refractivity contribution in [3.8, 4) is 33.4 Å². The topological polar surface area (TPSA) is 16.4 Å². The normalized spacial score (nSPS) is 11.6. The molecule has 0 aliphatic carbocycles. The minimum atomic E-state index is 0.901. The third kappa shape index (κ3) is 5.48. The summed E-state index contributed by atoms with van der Waals surface area (Å²) < 4.78 is 9.19. The van der Waals surface area contributed by atoms with Crippen LogP contribution in [-0.2, 0) is 6.42 Å². The van der Waals surface area contributed by atoms with E-state index in [9.17, 15) is 0 Å². The average Bonchev–Trinajstić information content (AvgIpc) is 3.80. The molecule has 0 saturated heterocycles. The maximum absolute atomic E-state index is 6.61. The van der Waals surface area contributed by atoms with Crippen LogP contribution in [-0.4, -0.2) is 0 Å². The van der Waals surface area contributed by atoms with E-state index in [1.807, 2.05) is 17.4 Å². The van der Waals surface area contributed by atoms with E-state index in [1.54, 1.807) is 0 Å². The summed E-state index contributed by atoms with van der Waals surface area (Å²) in [7, 11) is 0. The number of thiophene rings is 1. The third-order valence-electron chi connectivity index (χ3n) is 10.8. The fraction of sp³-hybridized carbons (Fsp3) is 0.0588. The molecule has 10 aromatic rings. The molecule has 0 radical (unpaired) electrons. The highest BCUT2D eigenvalue weighted by Gasteiger charge is 2.20. The molecule has 0 amide bonds. The van der Waals surface area contributed by atoms with Gasteiger partial charge < -0.3 is 9.32 Å². The van der Waals surface area contributed by atoms with Crippen molar-refractivity contribution in [1.29, 1.82) is 0 Å². The first-order valence-corrected chi connectivity index (χ1v) is 19.5. The van der Waals surface area contributed by atoms with E-state index < -0.39 is 0 Å². The predicted molar refractivity (Wildman–Crippen MR) is 232 cm³/mol. The zero-order chi connectivity index (χ0) is 36.2. The van der Waals surface area contributed by atoms with E-state index in [0.717, 1.165) is 62.1 Å². The summed E-state index contributed by atoms with van der Waals surface area (Å²) in [5.41, 5.74) is 14.8. The van der Waals surface area contributed by atoms with Gasteiger partial charge in [0.25, 0.3) is 0 Å². The Morgan fingerprint density at radius 1 is 0.463 bits per heavy atom. The number of aryl methyl sites for hydroxylation is 2. The van der Waals surface area contributed by atoms with Gasteiger partial charge in [-0.15, -0.1) is 11.3 Å². The van der Waals surface area contributed by atoms with Gasteiger partial charge in [-0.3, -0.25) is 0 Å². The smallest absolute Gasteiger partial charge is 0.143 e. The Balaban J connectivity index is 1.23. The van der Waals surface area contributed by atoms with E-state index in [0.29, 0.717) is 0 Å². The summed E-state index contributed by atoms with van der Waals surface area (Å²) in [5, 5.41) is 4.85. The Kier molecular flexibility index (Phi) is 7.89. The lowest BCUT2D eigenvalue weighted by Crippen LogP contribution is -2.11. The monoisotopic (exact) mass is 711 g/mol. The molecule has 54 heavy (non-hydrogen) atoms. The van der Waals surface area contributed by atoms with Crippen LogP contribution in [0.25, 0.3) is 75.5 Å². The quantitative estimate of drug-likeness (QED) is 0.164. The summed E-state index contributed by atoms with van der Waals surface area (Å²) in [6.07, 6.45) is 0.921. The molecule has 0 spiro atoms. The number of para-hydroxylation sites is 2. The molecule has 2 nitrogen and oxygen atoms in total. The van der Waals surface area contributed by atoms with Gasteiger partial charge >= 0.3 is 0 Å². The number of fused-ring (bicyclic) bond motifs is 6. The summed E-state index contributed by atoms with van der Waals surface area (Å²) in [5.74, 6) is 0. The largest absolute Gasteiger partial charge is 0.455 e. The molecule has 0 bridgehead atoms. The highest BCUT2D eigenvalue weighted by atomic mass is 32.1. The fourth-order valence-corrected chi connectivity index (χ4v) is 9.26. The minimum absolute atomic E-state index is 0.901. The summed E-state index contributed by atoms with van der Waals surface area (Å²) in [4.78, 5) is 2.44. The van der Waals surface area contributed by atoms with Gasteiger partial charge in [-0.1, -0.05) is 128 Å². The lowest BCUT2D eigenvalue weighted by Gasteiger charge is -2.28. The molecule has 0 aliphatic heterocycles. The standard InChI is InChI=1S/C51H37NOS/c1-3-34-29-38(24-26-42(34)41-17-8-7-14-33(41)2)52(39-25-27-46-45-19-10-12-23-49(45)54-50(46)32-39)40-30-36(35-15-5-4-6-16-35)28-37(31-40)43-20-13-21-47-44-18-9-11-22-48(44)53-51(43)47/h4-32H,3H2,1-2H3. The molecule has 0 fully saturated rings. The lowest BCUT2D eigenvalue weighted by molar-refractivity contribution is 0.670. The molecule has 258 valence electrons. The van der Waals surface area contributed by atoms with Gasteiger partial charge in [-0.05, 0) is 107 Å². The Bertz CT molecular complexity index is 3010. The van der Waals surface area contributed by atoms with Crippen molar-refractivity contribution in [3.63, 3.8) is 0 Å². The average molecular weight is 712 g/mol. The number of anilines is 3. The van der Waals surface area contributed by atoms with Gasteiger partial charge in [0.2, 0.25) is 0 Å². The number of nitrogens with zero attached hydrogens (tertiary/aromatic N) is 1. The van der Waals surface area contributed by atoms with Gasteiger partial charge in [0, 0.05) is 53.6 Å². The van der Waals surface area contributed by atoms with Crippen molar-refractivity contribution in [1.82, 2.24) is 0 Å². The lowest BCUT2D eigenvalue weighted by atomic mass is 9.93. The van der Waals surface area contributed by atoms with Gasteiger partial charge in [-0.25, -0.2) is 0 Å². The Morgan fingerprint density at radius 2 is 1.15 bits per heavy atom. The van der Waals surface area contributed by atoms with Gasteiger partial charge in [0.05, 0.1) is 0 Å². The molecule has 8 aromatic carbocycles. The molecular weight excluding hydrogens is 675 g/mol. The van der Waals surface area contributed by atoms with Crippen LogP contribution < -0.4 is 4.90 Å². The fourth-order valence-electron chi connectivity index (χ4n) is 8.12. The van der Waals surface area contributed by atoms with E-state index in [4.69, 9.17) is 4.42 Å². The predicted octanol–water partition coefficient (Wildman–Crippen LogP) is 15.3. The summed E-state index contributed by atoms with van der Waals surface area (Å²) in [6.45, 7) is 4.46. The summed E-state index contributed by atoms with van der Waals surface area (Å²) in [6, 6.07) is 63.9. The van der Waals surface area contributed by atoms with Crippen LogP contribution in [0.3, 0.4) is 0 Å². The van der Waals surface area contributed by atoms with Gasteiger partial charge in [-0.2, -0.15) is 0 Å². The molecular formula is C51H37NOS. The number of furan rings is 1. The maximum atomic E-state index is 6.61. The Labute approximate surface area is 319 Å². The highest BCUT2D eigenvalue weighted by molar-refractivity contribution is 7.25. The van der Waals surface area contributed by atoms with E-state index >= 15 is 0 Å². The van der Waals surface area contributed by atoms with Crippen molar-refractivity contribution in [2.24, 2.45) is 0 Å². The van der Waals surface area contributed by atoms with Crippen LogP contribution in [0.5, 0.6) is 0 Å². The molecule has 0 N–H and O–H groups in total. The number of hydrogen-bond acceptors (Lipinski definition) is 3. The van der Waals surface area contributed by atoms with Gasteiger partial charge in [0.1, 0.15) is 11.2 Å². The van der Waals surface area contributed by atoms with E-state index in [-0.39, 0.29) is 0 Å². The minimum Gasteiger partial charge on any atom is -0.455 e. The van der Waals surface area contributed by atoms with Crippen molar-refractivity contribution in [3.05, 3.63) is 187 Å². The number of rotatable bonds is 7. The van der Waals surface area contributed by atoms with Crippen LogP contribution in [0, 0.1) is 6.92 Å². The van der Waals surface area contributed by atoms with Crippen molar-refractivity contribution < 1.29 is 4.42 Å². The molecule has 0 unspecified atom stereocenters. The van der Waals surface area contributed by atoms with Crippen LogP contribution >= 0.6 is 11.3 Å². The SMILES string of the molecule is CCc1cc(N(c2cc(-c3ccccc3)cc(-c3cccc4c3oc3ccccc34)c2)c2ccc3c(c2)sc2ccccc23)ccc1-c1ccccc1C. The number of benzene rings is 8. The van der Waals surface area contributed by atoms with Crippen LogP contribution in [0.2, 0.25) is 0 Å². The molecule has 0 saturated carbocycles. The van der Waals surface area contributed by atoms with E-state index in [1.165, 1.54) is 48.0 Å². The molecule has 10 rings (SSSR count). The first-order chi connectivity index (χ1) is 26.6. The third-order valence-corrected chi connectivity index (χ3v) is 11.9. The van der Waals surface area contributed by atoms with Crippen LogP contribution in [0.1, 0.15) is 18.1 Å². The summed E-state index contributed by atoms with van der Waals surface area (Å²) >= 11 is 1.86. The first-order valence-electron chi connectivity index (χ1n) is 18.6. The molecule has 2 aromatic heterocycles.